The Hall–Kier alpha value is -1.47. The zero-order valence-electron chi connectivity index (χ0n) is 9.73. The molecule has 0 aliphatic carbocycles. The molecule has 1 aromatic rings. The van der Waals surface area contributed by atoms with Gasteiger partial charge >= 0.3 is 6.18 Å². The van der Waals surface area contributed by atoms with Crippen LogP contribution < -0.4 is 5.32 Å². The highest BCUT2D eigenvalue weighted by molar-refractivity contribution is 5.32. The summed E-state index contributed by atoms with van der Waals surface area (Å²) in [6, 6.07) is 5.20. The third-order valence-corrected chi connectivity index (χ3v) is 2.41. The summed E-state index contributed by atoms with van der Waals surface area (Å²) in [6.45, 7) is 3.77. The number of halogens is 3. The monoisotopic (exact) mass is 241 g/mol. The summed E-state index contributed by atoms with van der Waals surface area (Å²) in [5.74, 6) is 5.45. The van der Waals surface area contributed by atoms with E-state index in [1.54, 1.807) is 19.9 Å². The SMILES string of the molecule is CC#CCNC(C)c1ccccc1C(F)(F)F. The number of hydrogen-bond acceptors (Lipinski definition) is 1. The summed E-state index contributed by atoms with van der Waals surface area (Å²) in [7, 11) is 0. The number of nitrogens with one attached hydrogen (secondary N) is 1. The summed E-state index contributed by atoms with van der Waals surface area (Å²) >= 11 is 0. The molecule has 1 unspecified atom stereocenters. The van der Waals surface area contributed by atoms with E-state index in [1.807, 2.05) is 0 Å². The summed E-state index contributed by atoms with van der Waals surface area (Å²) < 4.78 is 38.2. The van der Waals surface area contributed by atoms with Crippen molar-refractivity contribution in [2.24, 2.45) is 0 Å². The first-order valence-corrected chi connectivity index (χ1v) is 5.26. The van der Waals surface area contributed by atoms with Gasteiger partial charge in [0.05, 0.1) is 12.1 Å². The molecule has 1 aromatic carbocycles. The predicted octanol–water partition coefficient (Wildman–Crippen LogP) is 3.38. The van der Waals surface area contributed by atoms with Gasteiger partial charge in [-0.1, -0.05) is 24.1 Å². The molecule has 0 saturated carbocycles. The number of rotatable bonds is 3. The normalized spacial score (nSPS) is 12.8. The molecule has 1 N–H and O–H groups in total. The summed E-state index contributed by atoms with van der Waals surface area (Å²) in [5.41, 5.74) is -0.345. The minimum atomic E-state index is -4.32. The molecule has 1 rings (SSSR count). The van der Waals surface area contributed by atoms with Gasteiger partial charge in [-0.2, -0.15) is 13.2 Å². The molecular weight excluding hydrogens is 227 g/mol. The van der Waals surface area contributed by atoms with Crippen molar-refractivity contribution in [3.8, 4) is 11.8 Å². The van der Waals surface area contributed by atoms with E-state index in [4.69, 9.17) is 0 Å². The van der Waals surface area contributed by atoms with Crippen molar-refractivity contribution < 1.29 is 13.2 Å². The smallest absolute Gasteiger partial charge is 0.300 e. The maximum Gasteiger partial charge on any atom is 0.416 e. The Balaban J connectivity index is 2.92. The maximum absolute atomic E-state index is 12.7. The molecule has 1 nitrogen and oxygen atoms in total. The van der Waals surface area contributed by atoms with Crippen molar-refractivity contribution in [2.45, 2.75) is 26.1 Å². The van der Waals surface area contributed by atoms with Crippen LogP contribution in [0.4, 0.5) is 13.2 Å². The lowest BCUT2D eigenvalue weighted by atomic mass is 10.0. The summed E-state index contributed by atoms with van der Waals surface area (Å²) in [4.78, 5) is 0. The zero-order chi connectivity index (χ0) is 12.9. The van der Waals surface area contributed by atoms with Crippen molar-refractivity contribution in [3.63, 3.8) is 0 Å². The summed E-state index contributed by atoms with van der Waals surface area (Å²) in [5, 5.41) is 2.94. The summed E-state index contributed by atoms with van der Waals surface area (Å²) in [6.07, 6.45) is -4.32. The van der Waals surface area contributed by atoms with Crippen LogP contribution >= 0.6 is 0 Å². The fraction of sp³-hybridized carbons (Fsp3) is 0.385. The first-order valence-electron chi connectivity index (χ1n) is 5.26. The van der Waals surface area contributed by atoms with Gasteiger partial charge in [0.1, 0.15) is 0 Å². The molecule has 1 atom stereocenters. The van der Waals surface area contributed by atoms with E-state index in [2.05, 4.69) is 17.2 Å². The van der Waals surface area contributed by atoms with Gasteiger partial charge in [0, 0.05) is 6.04 Å². The lowest BCUT2D eigenvalue weighted by molar-refractivity contribution is -0.138. The third kappa shape index (κ3) is 3.79. The van der Waals surface area contributed by atoms with Crippen molar-refractivity contribution in [3.05, 3.63) is 35.4 Å². The first kappa shape index (κ1) is 13.6. The molecular formula is C13H14F3N. The Morgan fingerprint density at radius 3 is 2.53 bits per heavy atom. The standard InChI is InChI=1S/C13H14F3N/c1-3-4-9-17-10(2)11-7-5-6-8-12(11)13(14,15)16/h5-8,10,17H,9H2,1-2H3. The van der Waals surface area contributed by atoms with Gasteiger partial charge in [0.15, 0.2) is 0 Å². The fourth-order valence-electron chi connectivity index (χ4n) is 1.54. The molecule has 0 bridgehead atoms. The minimum Gasteiger partial charge on any atom is -0.300 e. The van der Waals surface area contributed by atoms with E-state index < -0.39 is 11.7 Å². The number of benzene rings is 1. The zero-order valence-corrected chi connectivity index (χ0v) is 9.73. The maximum atomic E-state index is 12.7. The van der Waals surface area contributed by atoms with Crippen LogP contribution in [0, 0.1) is 11.8 Å². The molecule has 0 saturated heterocycles. The molecule has 0 fully saturated rings. The predicted molar refractivity (Wildman–Crippen MR) is 61.3 cm³/mol. The van der Waals surface area contributed by atoms with E-state index in [0.29, 0.717) is 6.54 Å². The van der Waals surface area contributed by atoms with E-state index in [9.17, 15) is 13.2 Å². The fourth-order valence-corrected chi connectivity index (χ4v) is 1.54. The van der Waals surface area contributed by atoms with Crippen molar-refractivity contribution in [1.82, 2.24) is 5.32 Å². The van der Waals surface area contributed by atoms with Gasteiger partial charge in [-0.3, -0.25) is 5.32 Å². The van der Waals surface area contributed by atoms with Gasteiger partial charge in [-0.05, 0) is 25.5 Å². The molecule has 0 radical (unpaired) electrons. The van der Waals surface area contributed by atoms with Crippen LogP contribution in [0.5, 0.6) is 0 Å². The highest BCUT2D eigenvalue weighted by Crippen LogP contribution is 2.34. The number of hydrogen-bond donors (Lipinski definition) is 1. The Morgan fingerprint density at radius 2 is 1.94 bits per heavy atom. The van der Waals surface area contributed by atoms with Crippen LogP contribution in [-0.4, -0.2) is 6.54 Å². The van der Waals surface area contributed by atoms with Crippen LogP contribution in [0.25, 0.3) is 0 Å². The largest absolute Gasteiger partial charge is 0.416 e. The lowest BCUT2D eigenvalue weighted by Crippen LogP contribution is -2.22. The Kier molecular flexibility index (Phi) is 4.59. The van der Waals surface area contributed by atoms with Crippen LogP contribution in [0.1, 0.15) is 31.0 Å². The Labute approximate surface area is 99.0 Å². The van der Waals surface area contributed by atoms with Gasteiger partial charge in [-0.15, -0.1) is 5.92 Å². The number of alkyl halides is 3. The van der Waals surface area contributed by atoms with Crippen LogP contribution in [-0.2, 0) is 6.18 Å². The molecule has 0 amide bonds. The molecule has 0 aliphatic heterocycles. The quantitative estimate of drug-likeness (QED) is 0.800. The van der Waals surface area contributed by atoms with Crippen molar-refractivity contribution >= 4 is 0 Å². The molecule has 17 heavy (non-hydrogen) atoms. The molecule has 4 heteroatoms. The molecule has 0 aliphatic rings. The highest BCUT2D eigenvalue weighted by atomic mass is 19.4. The van der Waals surface area contributed by atoms with Crippen LogP contribution in [0.2, 0.25) is 0 Å². The van der Waals surface area contributed by atoms with Crippen LogP contribution in [0.15, 0.2) is 24.3 Å². The van der Waals surface area contributed by atoms with Crippen molar-refractivity contribution in [2.75, 3.05) is 6.54 Å². The minimum absolute atomic E-state index is 0.248. The second kappa shape index (κ2) is 5.74. The van der Waals surface area contributed by atoms with Gasteiger partial charge in [0.2, 0.25) is 0 Å². The van der Waals surface area contributed by atoms with E-state index >= 15 is 0 Å². The van der Waals surface area contributed by atoms with Gasteiger partial charge < -0.3 is 0 Å². The molecule has 0 spiro atoms. The molecule has 92 valence electrons. The van der Waals surface area contributed by atoms with Gasteiger partial charge in [-0.25, -0.2) is 0 Å². The van der Waals surface area contributed by atoms with Crippen molar-refractivity contribution in [1.29, 1.82) is 0 Å². The van der Waals surface area contributed by atoms with Gasteiger partial charge in [0.25, 0.3) is 0 Å². The third-order valence-electron chi connectivity index (χ3n) is 2.41. The van der Waals surface area contributed by atoms with E-state index in [0.717, 1.165) is 6.07 Å². The second-order valence-corrected chi connectivity index (χ2v) is 3.61. The topological polar surface area (TPSA) is 12.0 Å². The average molecular weight is 241 g/mol. The Morgan fingerprint density at radius 1 is 1.29 bits per heavy atom. The van der Waals surface area contributed by atoms with E-state index in [1.165, 1.54) is 12.1 Å². The lowest BCUT2D eigenvalue weighted by Gasteiger charge is -2.18. The average Bonchev–Trinajstić information content (AvgIpc) is 2.28. The second-order valence-electron chi connectivity index (χ2n) is 3.61. The molecule has 0 heterocycles. The highest BCUT2D eigenvalue weighted by Gasteiger charge is 2.33. The Bertz CT molecular complexity index is 426. The molecule has 0 aromatic heterocycles. The van der Waals surface area contributed by atoms with Crippen LogP contribution in [0.3, 0.4) is 0 Å². The van der Waals surface area contributed by atoms with E-state index in [-0.39, 0.29) is 11.6 Å². The first-order chi connectivity index (χ1) is 7.96.